The number of ether oxygens (including phenoxy) is 1. The van der Waals surface area contributed by atoms with Gasteiger partial charge in [-0.1, -0.05) is 44.2 Å². The normalized spacial score (nSPS) is 22.3. The molecule has 0 bridgehead atoms. The fourth-order valence-electron chi connectivity index (χ4n) is 4.55. The highest BCUT2D eigenvalue weighted by molar-refractivity contribution is 7.71. The molecular weight excluding hydrogens is 384 g/mol. The smallest absolute Gasteiger partial charge is 0.170 e. The van der Waals surface area contributed by atoms with Gasteiger partial charge in [0.05, 0.1) is 12.4 Å². The Kier molecular flexibility index (Phi) is 4.95. The van der Waals surface area contributed by atoms with Gasteiger partial charge in [-0.25, -0.2) is 8.42 Å². The molecule has 1 fully saturated rings. The predicted molar refractivity (Wildman–Crippen MR) is 119 cm³/mol. The fourth-order valence-corrected chi connectivity index (χ4v) is 5.05. The summed E-state index contributed by atoms with van der Waals surface area (Å²) < 4.78 is 28.8. The third kappa shape index (κ3) is 3.24. The molecule has 2 aromatic carbocycles. The van der Waals surface area contributed by atoms with Gasteiger partial charge in [0.25, 0.3) is 0 Å². The minimum atomic E-state index is -2.45. The minimum Gasteiger partial charge on any atom is -0.378 e. The molecule has 0 N–H and O–H groups in total. The molecule has 0 radical (unpaired) electrons. The topological polar surface area (TPSA) is 49.9 Å². The molecule has 2 heterocycles. The van der Waals surface area contributed by atoms with Gasteiger partial charge in [-0.15, -0.1) is 0 Å². The van der Waals surface area contributed by atoms with E-state index in [1.165, 1.54) is 0 Å². The molecule has 2 aliphatic heterocycles. The van der Waals surface area contributed by atoms with Gasteiger partial charge in [-0.05, 0) is 41.0 Å². The minimum absolute atomic E-state index is 0.0701. The van der Waals surface area contributed by atoms with E-state index in [1.807, 2.05) is 32.3 Å². The molecule has 0 aliphatic carbocycles. The van der Waals surface area contributed by atoms with E-state index in [4.69, 9.17) is 4.74 Å². The van der Waals surface area contributed by atoms with Gasteiger partial charge >= 0.3 is 0 Å². The van der Waals surface area contributed by atoms with Crippen molar-refractivity contribution in [3.05, 3.63) is 65.2 Å². The highest BCUT2D eigenvalue weighted by Gasteiger charge is 2.59. The van der Waals surface area contributed by atoms with Gasteiger partial charge in [-0.2, -0.15) is 0 Å². The van der Waals surface area contributed by atoms with E-state index in [1.54, 1.807) is 0 Å². The molecule has 2 aliphatic rings. The maximum absolute atomic E-state index is 11.2. The summed E-state index contributed by atoms with van der Waals surface area (Å²) in [6, 6.07) is 14.4. The van der Waals surface area contributed by atoms with E-state index in [-0.39, 0.29) is 11.2 Å². The van der Waals surface area contributed by atoms with Crippen LogP contribution < -0.4 is 9.80 Å². The number of nitrogens with zero attached hydrogens (tertiary/aromatic N) is 2. The number of hydrogen-bond acceptors (Lipinski definition) is 5. The fraction of sp³-hybridized carbons (Fsp3) is 0.391. The third-order valence-electron chi connectivity index (χ3n) is 6.18. The van der Waals surface area contributed by atoms with E-state index in [9.17, 15) is 8.42 Å². The van der Waals surface area contributed by atoms with Crippen molar-refractivity contribution in [2.75, 3.05) is 37.0 Å². The average molecular weight is 413 g/mol. The Labute approximate surface area is 174 Å². The maximum Gasteiger partial charge on any atom is 0.170 e. The zero-order valence-corrected chi connectivity index (χ0v) is 18.3. The molecule has 1 saturated heterocycles. The summed E-state index contributed by atoms with van der Waals surface area (Å²) in [6.07, 6.45) is 4.29. The maximum atomic E-state index is 11.2. The van der Waals surface area contributed by atoms with Crippen LogP contribution in [0.2, 0.25) is 0 Å². The SMILES string of the molecule is CN(C)c1ccc(C=CC23OCCN2c2ccc(C[SH](=O)=O)cc2C3(C)C)cc1. The van der Waals surface area contributed by atoms with Crippen LogP contribution in [0.3, 0.4) is 0 Å². The zero-order valence-electron chi connectivity index (χ0n) is 17.4. The predicted octanol–water partition coefficient (Wildman–Crippen LogP) is 3.40. The van der Waals surface area contributed by atoms with Gasteiger partial charge in [0, 0.05) is 37.4 Å². The lowest BCUT2D eigenvalue weighted by atomic mass is 9.77. The number of anilines is 2. The molecule has 0 amide bonds. The van der Waals surface area contributed by atoms with Gasteiger partial charge < -0.3 is 14.5 Å². The first kappa shape index (κ1) is 20.0. The Morgan fingerprint density at radius 1 is 1.14 bits per heavy atom. The van der Waals surface area contributed by atoms with Crippen LogP contribution >= 0.6 is 0 Å². The van der Waals surface area contributed by atoms with Gasteiger partial charge in [0.2, 0.25) is 0 Å². The van der Waals surface area contributed by atoms with Crippen molar-refractivity contribution in [1.29, 1.82) is 0 Å². The van der Waals surface area contributed by atoms with Crippen LogP contribution in [0.15, 0.2) is 48.5 Å². The summed E-state index contributed by atoms with van der Waals surface area (Å²) in [5.74, 6) is 0.0701. The average Bonchev–Trinajstić information content (AvgIpc) is 3.17. The molecule has 1 unspecified atom stereocenters. The lowest BCUT2D eigenvalue weighted by Crippen LogP contribution is -2.51. The Balaban J connectivity index is 1.71. The molecule has 2 aromatic rings. The Morgan fingerprint density at radius 3 is 2.52 bits per heavy atom. The molecule has 5 nitrogen and oxygen atoms in total. The van der Waals surface area contributed by atoms with Crippen molar-refractivity contribution < 1.29 is 13.2 Å². The van der Waals surface area contributed by atoms with Crippen molar-refractivity contribution in [1.82, 2.24) is 0 Å². The first-order valence-corrected chi connectivity index (χ1v) is 11.2. The monoisotopic (exact) mass is 412 g/mol. The summed E-state index contributed by atoms with van der Waals surface area (Å²) in [5.41, 5.74) is 4.49. The quantitative estimate of drug-likeness (QED) is 0.763. The van der Waals surface area contributed by atoms with Crippen molar-refractivity contribution in [2.45, 2.75) is 30.7 Å². The third-order valence-corrected chi connectivity index (χ3v) is 6.80. The Bertz CT molecular complexity index is 1020. The zero-order chi connectivity index (χ0) is 20.8. The molecule has 0 spiro atoms. The van der Waals surface area contributed by atoms with E-state index >= 15 is 0 Å². The van der Waals surface area contributed by atoms with E-state index < -0.39 is 16.4 Å². The molecule has 154 valence electrons. The van der Waals surface area contributed by atoms with Gasteiger partial charge in [-0.3, -0.25) is 0 Å². The van der Waals surface area contributed by atoms with Crippen LogP contribution in [0.4, 0.5) is 11.4 Å². The Morgan fingerprint density at radius 2 is 1.86 bits per heavy atom. The van der Waals surface area contributed by atoms with Crippen LogP contribution in [-0.2, 0) is 26.6 Å². The molecule has 4 rings (SSSR count). The van der Waals surface area contributed by atoms with E-state index in [2.05, 4.69) is 60.1 Å². The number of fused-ring (bicyclic) bond motifs is 3. The van der Waals surface area contributed by atoms with Crippen molar-refractivity contribution in [3.8, 4) is 0 Å². The second kappa shape index (κ2) is 7.18. The van der Waals surface area contributed by atoms with Crippen molar-refractivity contribution >= 4 is 28.2 Å². The number of rotatable bonds is 5. The molecular formula is C23H28N2O3S. The molecule has 0 aromatic heterocycles. The summed E-state index contributed by atoms with van der Waals surface area (Å²) >= 11 is 0. The lowest BCUT2D eigenvalue weighted by molar-refractivity contribution is 0.000328. The van der Waals surface area contributed by atoms with Crippen LogP contribution in [0.5, 0.6) is 0 Å². The van der Waals surface area contributed by atoms with Gasteiger partial charge in [0.1, 0.15) is 10.7 Å². The number of hydrogen-bond donors (Lipinski definition) is 1. The molecule has 6 heteroatoms. The summed E-state index contributed by atoms with van der Waals surface area (Å²) in [5, 5.41) is 0. The standard InChI is InChI=1S/C23H28N2O3S/c1-22(2)20-15-18(16-29(26)27)7-10-21(20)25-13-14-28-23(22,25)12-11-17-5-8-19(9-6-17)24(3)4/h5-12,15,29H,13-14,16H2,1-4H3. The molecule has 1 atom stereocenters. The van der Waals surface area contributed by atoms with Crippen LogP contribution in [0.25, 0.3) is 6.08 Å². The largest absolute Gasteiger partial charge is 0.378 e. The van der Waals surface area contributed by atoms with E-state index in [0.717, 1.165) is 34.6 Å². The van der Waals surface area contributed by atoms with E-state index in [0.29, 0.717) is 6.61 Å². The van der Waals surface area contributed by atoms with Crippen molar-refractivity contribution in [2.24, 2.45) is 0 Å². The van der Waals surface area contributed by atoms with Crippen LogP contribution in [-0.4, -0.2) is 41.4 Å². The molecule has 29 heavy (non-hydrogen) atoms. The lowest BCUT2D eigenvalue weighted by Gasteiger charge is -2.39. The molecule has 0 saturated carbocycles. The highest BCUT2D eigenvalue weighted by atomic mass is 32.2. The van der Waals surface area contributed by atoms with Crippen LogP contribution in [0.1, 0.15) is 30.5 Å². The van der Waals surface area contributed by atoms with Crippen molar-refractivity contribution in [3.63, 3.8) is 0 Å². The first-order valence-electron chi connectivity index (χ1n) is 9.88. The Hall–Kier alpha value is -2.31. The summed E-state index contributed by atoms with van der Waals surface area (Å²) in [4.78, 5) is 4.39. The summed E-state index contributed by atoms with van der Waals surface area (Å²) in [7, 11) is 1.62. The number of thiol groups is 1. The first-order chi connectivity index (χ1) is 13.7. The second-order valence-electron chi connectivity index (χ2n) is 8.48. The highest BCUT2D eigenvalue weighted by Crippen LogP contribution is 2.55. The van der Waals surface area contributed by atoms with Crippen LogP contribution in [0, 0.1) is 0 Å². The number of benzene rings is 2. The second-order valence-corrected chi connectivity index (χ2v) is 9.46. The summed E-state index contributed by atoms with van der Waals surface area (Å²) in [6.45, 7) is 5.84. The van der Waals surface area contributed by atoms with Gasteiger partial charge in [0.15, 0.2) is 5.72 Å².